The average molecular weight is 553 g/mol. The quantitative estimate of drug-likeness (QED) is 0.278. The van der Waals surface area contributed by atoms with Gasteiger partial charge in [0.15, 0.2) is 0 Å². The van der Waals surface area contributed by atoms with Crippen LogP contribution in [0.5, 0.6) is 0 Å². The molecule has 2 aliphatic rings. The Morgan fingerprint density at radius 2 is 1.71 bits per heavy atom. The van der Waals surface area contributed by atoms with Gasteiger partial charge in [-0.25, -0.2) is 15.0 Å². The molecule has 5 heterocycles. The molecule has 7 rings (SSSR count). The van der Waals surface area contributed by atoms with Crippen molar-refractivity contribution < 1.29 is 0 Å². The van der Waals surface area contributed by atoms with Crippen molar-refractivity contribution in [3.05, 3.63) is 102 Å². The van der Waals surface area contributed by atoms with Crippen LogP contribution in [-0.4, -0.2) is 48.5 Å². The van der Waals surface area contributed by atoms with Crippen molar-refractivity contribution in [2.45, 2.75) is 44.8 Å². The lowest BCUT2D eigenvalue weighted by Crippen LogP contribution is -2.38. The maximum absolute atomic E-state index is 9.06. The van der Waals surface area contributed by atoms with E-state index in [2.05, 4.69) is 90.4 Å². The number of likely N-dealkylation sites (tertiary alicyclic amines) is 1. The van der Waals surface area contributed by atoms with E-state index in [1.54, 1.807) is 6.20 Å². The number of nitriles is 1. The highest BCUT2D eigenvalue weighted by Gasteiger charge is 2.25. The van der Waals surface area contributed by atoms with Crippen LogP contribution in [0.4, 0.5) is 5.82 Å². The lowest BCUT2D eigenvalue weighted by atomic mass is 10.0. The van der Waals surface area contributed by atoms with Crippen molar-refractivity contribution in [1.29, 1.82) is 5.26 Å². The summed E-state index contributed by atoms with van der Waals surface area (Å²) in [5.74, 6) is 1.96. The van der Waals surface area contributed by atoms with Crippen molar-refractivity contribution in [3.8, 4) is 40.0 Å². The Labute approximate surface area is 245 Å². The number of nitrogens with zero attached hydrogens (tertiary/aromatic N) is 7. The fraction of sp³-hybridized carbons (Fsp3) is 0.265. The molecule has 1 N–H and O–H groups in total. The minimum atomic E-state index is 0.199. The molecule has 8 nitrogen and oxygen atoms in total. The standard InChI is InChI=1S/C34H32N8/c35-21-31-37-17-13-30(39-31)38-28-14-19-41(20-15-28)23-24-8-10-25(11-9-24)32-33(26-5-2-1-3-6-26)42-18-4-7-27-22-36-16-12-29(27)34(42)40-32/h1-3,5-6,8-13,16-17,22,28H,4,7,14-15,18-20,23H2,(H,37,38,39). The van der Waals surface area contributed by atoms with Crippen LogP contribution < -0.4 is 5.32 Å². The van der Waals surface area contributed by atoms with Crippen molar-refractivity contribution in [3.63, 3.8) is 0 Å². The van der Waals surface area contributed by atoms with Gasteiger partial charge in [-0.1, -0.05) is 54.6 Å². The molecule has 0 unspecified atom stereocenters. The van der Waals surface area contributed by atoms with Crippen LogP contribution in [0.1, 0.15) is 36.2 Å². The van der Waals surface area contributed by atoms with Crippen LogP contribution in [0.3, 0.4) is 0 Å². The first-order valence-corrected chi connectivity index (χ1v) is 14.7. The number of anilines is 1. The fourth-order valence-electron chi connectivity index (χ4n) is 6.20. The first-order valence-electron chi connectivity index (χ1n) is 14.7. The van der Waals surface area contributed by atoms with Crippen LogP contribution in [0, 0.1) is 11.3 Å². The number of pyridine rings is 1. The predicted octanol–water partition coefficient (Wildman–Crippen LogP) is 5.96. The Kier molecular flexibility index (Phi) is 7.17. The average Bonchev–Trinajstić information content (AvgIpc) is 3.32. The van der Waals surface area contributed by atoms with Crippen LogP contribution >= 0.6 is 0 Å². The molecule has 0 bridgehead atoms. The Balaban J connectivity index is 1.09. The molecule has 3 aromatic heterocycles. The van der Waals surface area contributed by atoms with Gasteiger partial charge in [0.1, 0.15) is 17.7 Å². The number of benzene rings is 2. The molecular formula is C34H32N8. The van der Waals surface area contributed by atoms with E-state index in [0.29, 0.717) is 6.04 Å². The van der Waals surface area contributed by atoms with E-state index in [0.717, 1.165) is 74.8 Å². The van der Waals surface area contributed by atoms with E-state index >= 15 is 0 Å². The smallest absolute Gasteiger partial charge is 0.234 e. The van der Waals surface area contributed by atoms with Crippen molar-refractivity contribution in [2.24, 2.45) is 0 Å². The zero-order chi connectivity index (χ0) is 28.3. The molecule has 8 heteroatoms. The Morgan fingerprint density at radius 3 is 2.52 bits per heavy atom. The van der Waals surface area contributed by atoms with Gasteiger partial charge in [0.05, 0.1) is 11.4 Å². The Bertz CT molecular complexity index is 1730. The van der Waals surface area contributed by atoms with E-state index in [9.17, 15) is 0 Å². The molecule has 0 radical (unpaired) electrons. The third-order valence-corrected chi connectivity index (χ3v) is 8.32. The number of hydrogen-bond donors (Lipinski definition) is 1. The number of aromatic nitrogens is 5. The van der Waals surface area contributed by atoms with Crippen LogP contribution in [-0.2, 0) is 19.5 Å². The maximum atomic E-state index is 9.06. The highest BCUT2D eigenvalue weighted by Crippen LogP contribution is 2.39. The van der Waals surface area contributed by atoms with Crippen molar-refractivity contribution in [2.75, 3.05) is 18.4 Å². The fourth-order valence-corrected chi connectivity index (χ4v) is 6.20. The SMILES string of the molecule is N#Cc1nccc(NC2CCN(Cc3ccc(-c4nc5n(c4-c4ccccc4)CCCc4cnccc4-5)cc3)CC2)n1. The molecule has 5 aromatic rings. The van der Waals surface area contributed by atoms with Gasteiger partial charge < -0.3 is 9.88 Å². The molecule has 0 atom stereocenters. The zero-order valence-corrected chi connectivity index (χ0v) is 23.4. The van der Waals surface area contributed by atoms with E-state index in [4.69, 9.17) is 10.2 Å². The molecule has 0 amide bonds. The second kappa shape index (κ2) is 11.6. The monoisotopic (exact) mass is 552 g/mol. The largest absolute Gasteiger partial charge is 0.367 e. The van der Waals surface area contributed by atoms with Crippen molar-refractivity contribution >= 4 is 5.82 Å². The predicted molar refractivity (Wildman–Crippen MR) is 163 cm³/mol. The molecule has 208 valence electrons. The maximum Gasteiger partial charge on any atom is 0.234 e. The first-order chi connectivity index (χ1) is 20.7. The lowest BCUT2D eigenvalue weighted by molar-refractivity contribution is 0.211. The summed E-state index contributed by atoms with van der Waals surface area (Å²) < 4.78 is 2.41. The lowest BCUT2D eigenvalue weighted by Gasteiger charge is -2.32. The minimum absolute atomic E-state index is 0.199. The zero-order valence-electron chi connectivity index (χ0n) is 23.4. The molecule has 0 saturated carbocycles. The van der Waals surface area contributed by atoms with E-state index in [1.807, 2.05) is 24.5 Å². The first kappa shape index (κ1) is 26.1. The van der Waals surface area contributed by atoms with E-state index < -0.39 is 0 Å². The molecule has 42 heavy (non-hydrogen) atoms. The van der Waals surface area contributed by atoms with Gasteiger partial charge >= 0.3 is 0 Å². The molecular weight excluding hydrogens is 520 g/mol. The van der Waals surface area contributed by atoms with E-state index in [1.165, 1.54) is 27.9 Å². The number of hydrogen-bond acceptors (Lipinski definition) is 7. The minimum Gasteiger partial charge on any atom is -0.367 e. The number of fused-ring (bicyclic) bond motifs is 3. The Hall–Kier alpha value is -4.87. The third-order valence-electron chi connectivity index (χ3n) is 8.32. The van der Waals surface area contributed by atoms with Gasteiger partial charge in [-0.05, 0) is 48.9 Å². The number of imidazole rings is 1. The number of aryl methyl sites for hydroxylation is 1. The normalized spacial score (nSPS) is 15.3. The van der Waals surface area contributed by atoms with Gasteiger partial charge in [-0.15, -0.1) is 0 Å². The van der Waals surface area contributed by atoms with Crippen LogP contribution in [0.2, 0.25) is 0 Å². The molecule has 0 spiro atoms. The Morgan fingerprint density at radius 1 is 0.881 bits per heavy atom. The summed E-state index contributed by atoms with van der Waals surface area (Å²) in [5.41, 5.74) is 8.30. The van der Waals surface area contributed by atoms with Gasteiger partial charge in [0, 0.05) is 67.5 Å². The second-order valence-corrected chi connectivity index (χ2v) is 11.1. The van der Waals surface area contributed by atoms with Gasteiger partial charge in [-0.2, -0.15) is 5.26 Å². The highest BCUT2D eigenvalue weighted by atomic mass is 15.2. The summed E-state index contributed by atoms with van der Waals surface area (Å²) in [5, 5.41) is 12.5. The van der Waals surface area contributed by atoms with Gasteiger partial charge in [-0.3, -0.25) is 9.88 Å². The topological polar surface area (TPSA) is 95.6 Å². The summed E-state index contributed by atoms with van der Waals surface area (Å²) in [6, 6.07) is 25.9. The second-order valence-electron chi connectivity index (χ2n) is 11.1. The summed E-state index contributed by atoms with van der Waals surface area (Å²) in [7, 11) is 0. The number of nitrogens with one attached hydrogen (secondary N) is 1. The summed E-state index contributed by atoms with van der Waals surface area (Å²) in [6.45, 7) is 3.87. The summed E-state index contributed by atoms with van der Waals surface area (Å²) >= 11 is 0. The van der Waals surface area contributed by atoms with Gasteiger partial charge in [0.2, 0.25) is 5.82 Å². The molecule has 1 fully saturated rings. The van der Waals surface area contributed by atoms with Crippen LogP contribution in [0.15, 0.2) is 85.3 Å². The molecule has 2 aromatic carbocycles. The number of piperidine rings is 1. The number of rotatable bonds is 6. The van der Waals surface area contributed by atoms with E-state index in [-0.39, 0.29) is 5.82 Å². The van der Waals surface area contributed by atoms with Crippen molar-refractivity contribution in [1.82, 2.24) is 29.4 Å². The summed E-state index contributed by atoms with van der Waals surface area (Å²) in [4.78, 5) is 20.4. The summed E-state index contributed by atoms with van der Waals surface area (Å²) in [6.07, 6.45) is 9.64. The molecule has 1 saturated heterocycles. The highest BCUT2D eigenvalue weighted by molar-refractivity contribution is 5.82. The molecule has 0 aliphatic carbocycles. The molecule has 2 aliphatic heterocycles. The third kappa shape index (κ3) is 5.27. The van der Waals surface area contributed by atoms with Gasteiger partial charge in [0.25, 0.3) is 0 Å². The van der Waals surface area contributed by atoms with Crippen LogP contribution in [0.25, 0.3) is 33.9 Å².